The van der Waals surface area contributed by atoms with Gasteiger partial charge in [-0.1, -0.05) is 0 Å². The summed E-state index contributed by atoms with van der Waals surface area (Å²) in [5, 5.41) is 14.3. The zero-order valence-corrected chi connectivity index (χ0v) is 8.19. The molecule has 4 heteroatoms. The second-order valence-corrected chi connectivity index (χ2v) is 3.67. The van der Waals surface area contributed by atoms with Crippen LogP contribution in [-0.2, 0) is 6.54 Å². The van der Waals surface area contributed by atoms with Crippen LogP contribution in [0.3, 0.4) is 0 Å². The number of aromatic amines is 1. The van der Waals surface area contributed by atoms with Crippen molar-refractivity contribution in [3.8, 4) is 0 Å². The molecule has 2 heterocycles. The summed E-state index contributed by atoms with van der Waals surface area (Å²) in [5.41, 5.74) is 3.51. The molecule has 0 fully saturated rings. The van der Waals surface area contributed by atoms with Crippen molar-refractivity contribution in [2.75, 3.05) is 5.32 Å². The maximum atomic E-state index is 3.96. The Morgan fingerprint density at radius 1 is 1.62 bits per heavy atom. The Balaban J connectivity index is 1.97. The Hall–Kier alpha value is -1.29. The van der Waals surface area contributed by atoms with E-state index >= 15 is 0 Å². The molecule has 0 spiro atoms. The van der Waals surface area contributed by atoms with E-state index in [0.29, 0.717) is 0 Å². The number of hydrogen-bond acceptors (Lipinski definition) is 3. The smallest absolute Gasteiger partial charge is 0.0539 e. The highest BCUT2D eigenvalue weighted by molar-refractivity contribution is 7.08. The zero-order chi connectivity index (χ0) is 9.10. The number of hydrogen-bond donors (Lipinski definition) is 2. The predicted octanol–water partition coefficient (Wildman–Crippen LogP) is 2.39. The zero-order valence-electron chi connectivity index (χ0n) is 7.37. The van der Waals surface area contributed by atoms with Crippen LogP contribution in [0.4, 0.5) is 5.69 Å². The minimum atomic E-state index is 0.832. The van der Waals surface area contributed by atoms with E-state index < -0.39 is 0 Å². The lowest BCUT2D eigenvalue weighted by atomic mass is 10.2. The van der Waals surface area contributed by atoms with Crippen molar-refractivity contribution >= 4 is 17.0 Å². The fourth-order valence-corrected chi connectivity index (χ4v) is 1.73. The molecule has 68 valence electrons. The van der Waals surface area contributed by atoms with E-state index in [1.54, 1.807) is 11.3 Å². The fourth-order valence-electron chi connectivity index (χ4n) is 1.12. The van der Waals surface area contributed by atoms with Gasteiger partial charge in [-0.25, -0.2) is 0 Å². The van der Waals surface area contributed by atoms with Gasteiger partial charge >= 0.3 is 0 Å². The molecule has 2 N–H and O–H groups in total. The first-order valence-corrected chi connectivity index (χ1v) is 5.05. The first-order chi connectivity index (χ1) is 6.36. The molecule has 0 aliphatic carbocycles. The van der Waals surface area contributed by atoms with Crippen LogP contribution in [0, 0.1) is 6.92 Å². The van der Waals surface area contributed by atoms with Crippen molar-refractivity contribution < 1.29 is 0 Å². The highest BCUT2D eigenvalue weighted by Crippen LogP contribution is 2.13. The lowest BCUT2D eigenvalue weighted by Gasteiger charge is -2.01. The number of aromatic nitrogens is 2. The minimum absolute atomic E-state index is 0.832. The molecular formula is C9H11N3S. The molecule has 0 bridgehead atoms. The van der Waals surface area contributed by atoms with Gasteiger partial charge in [-0.3, -0.25) is 5.10 Å². The molecule has 0 unspecified atom stereocenters. The van der Waals surface area contributed by atoms with Gasteiger partial charge in [0, 0.05) is 28.9 Å². The molecule has 0 amide bonds. The van der Waals surface area contributed by atoms with Crippen LogP contribution in [0.1, 0.15) is 11.3 Å². The van der Waals surface area contributed by atoms with Gasteiger partial charge in [0.05, 0.1) is 6.20 Å². The number of H-pyrrole nitrogens is 1. The summed E-state index contributed by atoms with van der Waals surface area (Å²) in [5.74, 6) is 0. The summed E-state index contributed by atoms with van der Waals surface area (Å²) in [6, 6.07) is 2.07. The van der Waals surface area contributed by atoms with Crippen LogP contribution in [0.5, 0.6) is 0 Å². The van der Waals surface area contributed by atoms with Crippen LogP contribution in [0.2, 0.25) is 0 Å². The molecule has 2 aromatic heterocycles. The Kier molecular flexibility index (Phi) is 2.31. The summed E-state index contributed by atoms with van der Waals surface area (Å²) in [6.07, 6.45) is 1.86. The van der Waals surface area contributed by atoms with Crippen molar-refractivity contribution in [3.05, 3.63) is 34.3 Å². The molecule has 0 aliphatic rings. The van der Waals surface area contributed by atoms with Gasteiger partial charge in [0.15, 0.2) is 0 Å². The van der Waals surface area contributed by atoms with E-state index in [9.17, 15) is 0 Å². The number of rotatable bonds is 3. The van der Waals surface area contributed by atoms with Gasteiger partial charge in [0.25, 0.3) is 0 Å². The van der Waals surface area contributed by atoms with Crippen LogP contribution >= 0.6 is 11.3 Å². The molecule has 2 rings (SSSR count). The summed E-state index contributed by atoms with van der Waals surface area (Å²) in [4.78, 5) is 0. The highest BCUT2D eigenvalue weighted by atomic mass is 32.1. The van der Waals surface area contributed by atoms with Gasteiger partial charge < -0.3 is 5.32 Å². The third-order valence-electron chi connectivity index (χ3n) is 1.94. The van der Waals surface area contributed by atoms with Crippen LogP contribution in [-0.4, -0.2) is 10.2 Å². The third-order valence-corrected chi connectivity index (χ3v) is 2.62. The number of nitrogens with one attached hydrogen (secondary N) is 2. The van der Waals surface area contributed by atoms with Crippen LogP contribution in [0.15, 0.2) is 23.0 Å². The molecule has 0 atom stereocenters. The monoisotopic (exact) mass is 193 g/mol. The number of anilines is 1. The fraction of sp³-hybridized carbons (Fsp3) is 0.222. The Bertz CT molecular complexity index is 364. The van der Waals surface area contributed by atoms with Gasteiger partial charge in [0.2, 0.25) is 0 Å². The Morgan fingerprint density at radius 3 is 3.15 bits per heavy atom. The standard InChI is InChI=1S/C9H11N3S/c1-7-8(5-11-12-7)4-10-9-2-3-13-6-9/h2-3,5-6,10H,4H2,1H3,(H,11,12). The van der Waals surface area contributed by atoms with Crippen molar-refractivity contribution in [1.29, 1.82) is 0 Å². The van der Waals surface area contributed by atoms with E-state index in [-0.39, 0.29) is 0 Å². The minimum Gasteiger partial charge on any atom is -0.380 e. The van der Waals surface area contributed by atoms with Gasteiger partial charge in [-0.15, -0.1) is 0 Å². The first-order valence-electron chi connectivity index (χ1n) is 4.11. The molecule has 0 aliphatic heterocycles. The third kappa shape index (κ3) is 1.89. The average molecular weight is 193 g/mol. The topological polar surface area (TPSA) is 40.7 Å². The van der Waals surface area contributed by atoms with Crippen molar-refractivity contribution in [2.45, 2.75) is 13.5 Å². The molecule has 2 aromatic rings. The number of nitrogens with zero attached hydrogens (tertiary/aromatic N) is 1. The summed E-state index contributed by atoms with van der Waals surface area (Å²) in [6.45, 7) is 2.86. The maximum Gasteiger partial charge on any atom is 0.0539 e. The van der Waals surface area contributed by atoms with Crippen LogP contribution in [0.25, 0.3) is 0 Å². The van der Waals surface area contributed by atoms with E-state index in [1.165, 1.54) is 11.3 Å². The predicted molar refractivity (Wildman–Crippen MR) is 55.0 cm³/mol. The molecule has 0 saturated carbocycles. The summed E-state index contributed by atoms with van der Waals surface area (Å²) >= 11 is 1.70. The molecule has 13 heavy (non-hydrogen) atoms. The SMILES string of the molecule is Cc1[nH]ncc1CNc1ccsc1. The molecule has 0 aromatic carbocycles. The molecule has 0 radical (unpaired) electrons. The van der Waals surface area contributed by atoms with E-state index in [4.69, 9.17) is 0 Å². The van der Waals surface area contributed by atoms with Crippen molar-refractivity contribution in [2.24, 2.45) is 0 Å². The van der Waals surface area contributed by atoms with Crippen molar-refractivity contribution in [3.63, 3.8) is 0 Å². The van der Waals surface area contributed by atoms with E-state index in [2.05, 4.69) is 32.3 Å². The Labute approximate surface area is 80.8 Å². The van der Waals surface area contributed by atoms with E-state index in [0.717, 1.165) is 12.2 Å². The molecular weight excluding hydrogens is 182 g/mol. The molecule has 3 nitrogen and oxygen atoms in total. The van der Waals surface area contributed by atoms with Crippen LogP contribution < -0.4 is 5.32 Å². The summed E-state index contributed by atoms with van der Waals surface area (Å²) < 4.78 is 0. The van der Waals surface area contributed by atoms with E-state index in [1.807, 2.05) is 13.1 Å². The summed E-state index contributed by atoms with van der Waals surface area (Å²) in [7, 11) is 0. The number of thiophene rings is 1. The average Bonchev–Trinajstić information content (AvgIpc) is 2.72. The second kappa shape index (κ2) is 3.62. The second-order valence-electron chi connectivity index (χ2n) is 2.89. The largest absolute Gasteiger partial charge is 0.380 e. The van der Waals surface area contributed by atoms with Gasteiger partial charge in [-0.2, -0.15) is 16.4 Å². The molecule has 0 saturated heterocycles. The lowest BCUT2D eigenvalue weighted by molar-refractivity contribution is 1.04. The van der Waals surface area contributed by atoms with Crippen molar-refractivity contribution in [1.82, 2.24) is 10.2 Å². The quantitative estimate of drug-likeness (QED) is 0.785. The lowest BCUT2D eigenvalue weighted by Crippen LogP contribution is -1.98. The maximum absolute atomic E-state index is 3.96. The number of aryl methyl sites for hydroxylation is 1. The first kappa shape index (κ1) is 8.31. The highest BCUT2D eigenvalue weighted by Gasteiger charge is 1.99. The van der Waals surface area contributed by atoms with Gasteiger partial charge in [0.1, 0.15) is 0 Å². The Morgan fingerprint density at radius 2 is 2.54 bits per heavy atom. The van der Waals surface area contributed by atoms with Gasteiger partial charge in [-0.05, 0) is 18.4 Å². The normalized spacial score (nSPS) is 10.2.